The van der Waals surface area contributed by atoms with Gasteiger partial charge in [-0.05, 0) is 29.3 Å². The summed E-state index contributed by atoms with van der Waals surface area (Å²) in [6.45, 7) is 0.200. The van der Waals surface area contributed by atoms with Gasteiger partial charge < -0.3 is 14.8 Å². The summed E-state index contributed by atoms with van der Waals surface area (Å²) < 4.78 is 10.5. The van der Waals surface area contributed by atoms with E-state index >= 15 is 0 Å². The van der Waals surface area contributed by atoms with E-state index in [2.05, 4.69) is 5.32 Å². The van der Waals surface area contributed by atoms with Crippen molar-refractivity contribution in [1.82, 2.24) is 10.2 Å². The lowest BCUT2D eigenvalue weighted by Crippen LogP contribution is -2.30. The monoisotopic (exact) mass is 367 g/mol. The van der Waals surface area contributed by atoms with Crippen LogP contribution >= 0.6 is 0 Å². The summed E-state index contributed by atoms with van der Waals surface area (Å²) in [5, 5.41) is 13.4. The molecule has 9 heteroatoms. The highest BCUT2D eigenvalue weighted by Crippen LogP contribution is 2.33. The zero-order valence-corrected chi connectivity index (χ0v) is 13.9. The Hall–Kier alpha value is -3.88. The maximum absolute atomic E-state index is 12.6. The van der Waals surface area contributed by atoms with E-state index in [4.69, 9.17) is 9.47 Å². The van der Waals surface area contributed by atoms with E-state index in [0.29, 0.717) is 22.6 Å². The molecule has 9 nitrogen and oxygen atoms in total. The number of imide groups is 1. The van der Waals surface area contributed by atoms with Crippen molar-refractivity contribution in [3.8, 4) is 11.5 Å². The lowest BCUT2D eigenvalue weighted by atomic mass is 10.1. The van der Waals surface area contributed by atoms with Crippen molar-refractivity contribution in [3.63, 3.8) is 0 Å². The van der Waals surface area contributed by atoms with E-state index < -0.39 is 16.9 Å². The van der Waals surface area contributed by atoms with Gasteiger partial charge in [0, 0.05) is 12.1 Å². The number of nitro benzene ring substituents is 1. The number of urea groups is 1. The highest BCUT2D eigenvalue weighted by atomic mass is 16.7. The second-order valence-corrected chi connectivity index (χ2v) is 5.92. The van der Waals surface area contributed by atoms with Crippen molar-refractivity contribution in [2.75, 3.05) is 6.79 Å². The van der Waals surface area contributed by atoms with Gasteiger partial charge in [0.15, 0.2) is 11.5 Å². The molecule has 4 rings (SSSR count). The SMILES string of the molecule is O=C1NC(=Cc2cccc([N+](=O)[O-])c2)C(=O)N1Cc1ccc2c(c1)OCO2. The number of hydrogen-bond donors (Lipinski definition) is 1. The van der Waals surface area contributed by atoms with Gasteiger partial charge in [0.25, 0.3) is 11.6 Å². The van der Waals surface area contributed by atoms with Crippen LogP contribution in [0.4, 0.5) is 10.5 Å². The van der Waals surface area contributed by atoms with Crippen LogP contribution in [0.5, 0.6) is 11.5 Å². The van der Waals surface area contributed by atoms with Crippen LogP contribution in [0.1, 0.15) is 11.1 Å². The van der Waals surface area contributed by atoms with Crippen LogP contribution in [0.15, 0.2) is 48.2 Å². The number of rotatable bonds is 4. The van der Waals surface area contributed by atoms with Crippen molar-refractivity contribution in [2.24, 2.45) is 0 Å². The number of nitrogens with one attached hydrogen (secondary N) is 1. The first-order chi connectivity index (χ1) is 13.0. The van der Waals surface area contributed by atoms with Crippen molar-refractivity contribution in [3.05, 3.63) is 69.4 Å². The fraction of sp³-hybridized carbons (Fsp3) is 0.111. The molecule has 0 bridgehead atoms. The Morgan fingerprint density at radius 2 is 1.96 bits per heavy atom. The van der Waals surface area contributed by atoms with Gasteiger partial charge >= 0.3 is 6.03 Å². The molecule has 3 amide bonds. The highest BCUT2D eigenvalue weighted by Gasteiger charge is 2.33. The van der Waals surface area contributed by atoms with Gasteiger partial charge in [-0.2, -0.15) is 0 Å². The van der Waals surface area contributed by atoms with E-state index in [0.717, 1.165) is 4.90 Å². The molecule has 1 N–H and O–H groups in total. The molecule has 0 saturated carbocycles. The van der Waals surface area contributed by atoms with Crippen LogP contribution in [-0.2, 0) is 11.3 Å². The van der Waals surface area contributed by atoms with Gasteiger partial charge in [-0.3, -0.25) is 19.8 Å². The first kappa shape index (κ1) is 16.6. The van der Waals surface area contributed by atoms with Gasteiger partial charge in [0.1, 0.15) is 5.70 Å². The summed E-state index contributed by atoms with van der Waals surface area (Å²) in [7, 11) is 0. The maximum atomic E-state index is 12.6. The largest absolute Gasteiger partial charge is 0.454 e. The third-order valence-corrected chi connectivity index (χ3v) is 4.13. The topological polar surface area (TPSA) is 111 Å². The molecule has 2 aromatic carbocycles. The molecular formula is C18H13N3O6. The second-order valence-electron chi connectivity index (χ2n) is 5.92. The number of hydrogen-bond acceptors (Lipinski definition) is 6. The van der Waals surface area contributed by atoms with Crippen LogP contribution < -0.4 is 14.8 Å². The number of amides is 3. The molecule has 0 spiro atoms. The fourth-order valence-corrected chi connectivity index (χ4v) is 2.83. The number of benzene rings is 2. The molecule has 27 heavy (non-hydrogen) atoms. The fourth-order valence-electron chi connectivity index (χ4n) is 2.83. The predicted molar refractivity (Wildman–Crippen MR) is 92.7 cm³/mol. The van der Waals surface area contributed by atoms with Gasteiger partial charge in [-0.15, -0.1) is 0 Å². The van der Waals surface area contributed by atoms with Crippen LogP contribution in [0.25, 0.3) is 6.08 Å². The van der Waals surface area contributed by atoms with E-state index in [1.165, 1.54) is 24.3 Å². The number of nitro groups is 1. The Bertz CT molecular complexity index is 1000. The number of non-ortho nitro benzene ring substituents is 1. The van der Waals surface area contributed by atoms with E-state index in [-0.39, 0.29) is 24.7 Å². The van der Waals surface area contributed by atoms with E-state index in [1.807, 2.05) is 0 Å². The summed E-state index contributed by atoms with van der Waals surface area (Å²) in [6.07, 6.45) is 1.41. The molecule has 0 aromatic heterocycles. The third-order valence-electron chi connectivity index (χ3n) is 4.13. The average molecular weight is 367 g/mol. The first-order valence-electron chi connectivity index (χ1n) is 7.99. The molecule has 2 aliphatic rings. The summed E-state index contributed by atoms with van der Waals surface area (Å²) in [5.41, 5.74) is 1.11. The normalized spacial score (nSPS) is 16.7. The molecule has 0 atom stereocenters. The Morgan fingerprint density at radius 3 is 2.78 bits per heavy atom. The minimum absolute atomic E-state index is 0.0567. The Labute approximate surface area is 152 Å². The van der Waals surface area contributed by atoms with Gasteiger partial charge in [0.2, 0.25) is 6.79 Å². The average Bonchev–Trinajstić information content (AvgIpc) is 3.22. The summed E-state index contributed by atoms with van der Waals surface area (Å²) in [4.78, 5) is 36.1. The lowest BCUT2D eigenvalue weighted by Gasteiger charge is -2.12. The molecule has 2 aliphatic heterocycles. The molecule has 1 saturated heterocycles. The smallest absolute Gasteiger partial charge is 0.329 e. The van der Waals surface area contributed by atoms with Crippen LogP contribution in [0.2, 0.25) is 0 Å². The van der Waals surface area contributed by atoms with E-state index in [9.17, 15) is 19.7 Å². The molecular weight excluding hydrogens is 354 g/mol. The number of carbonyl (C=O) groups excluding carboxylic acids is 2. The number of carbonyl (C=O) groups is 2. The Morgan fingerprint density at radius 1 is 1.15 bits per heavy atom. The number of nitrogens with zero attached hydrogens (tertiary/aromatic N) is 2. The molecule has 0 unspecified atom stereocenters. The second kappa shape index (κ2) is 6.45. The quantitative estimate of drug-likeness (QED) is 0.384. The van der Waals surface area contributed by atoms with Crippen LogP contribution in [-0.4, -0.2) is 28.6 Å². The minimum Gasteiger partial charge on any atom is -0.454 e. The minimum atomic E-state index is -0.561. The lowest BCUT2D eigenvalue weighted by molar-refractivity contribution is -0.384. The molecule has 0 radical (unpaired) electrons. The zero-order valence-electron chi connectivity index (χ0n) is 13.9. The van der Waals surface area contributed by atoms with E-state index in [1.54, 1.807) is 24.3 Å². The van der Waals surface area contributed by atoms with Crippen LogP contribution in [0.3, 0.4) is 0 Å². The molecule has 136 valence electrons. The van der Waals surface area contributed by atoms with Crippen molar-refractivity contribution in [1.29, 1.82) is 0 Å². The van der Waals surface area contributed by atoms with Crippen molar-refractivity contribution < 1.29 is 24.0 Å². The third kappa shape index (κ3) is 3.17. The first-order valence-corrected chi connectivity index (χ1v) is 7.99. The highest BCUT2D eigenvalue weighted by molar-refractivity contribution is 6.13. The summed E-state index contributed by atoms with van der Waals surface area (Å²) in [6, 6.07) is 10.4. The standard InChI is InChI=1S/C18H13N3O6/c22-17-14(7-11-2-1-3-13(6-11)21(24)25)19-18(23)20(17)9-12-4-5-15-16(8-12)27-10-26-15/h1-8H,9-10H2,(H,19,23). The number of ether oxygens (including phenoxy) is 2. The van der Waals surface area contributed by atoms with Gasteiger partial charge in [0.05, 0.1) is 11.5 Å². The maximum Gasteiger partial charge on any atom is 0.329 e. The summed E-state index contributed by atoms with van der Waals surface area (Å²) in [5.74, 6) is 0.665. The molecule has 0 aliphatic carbocycles. The van der Waals surface area contributed by atoms with Crippen molar-refractivity contribution >= 4 is 23.7 Å². The van der Waals surface area contributed by atoms with Gasteiger partial charge in [-0.1, -0.05) is 18.2 Å². The molecule has 2 heterocycles. The Kier molecular flexibility index (Phi) is 3.96. The predicted octanol–water partition coefficient (Wildman–Crippen LogP) is 2.42. The zero-order chi connectivity index (χ0) is 19.0. The summed E-state index contributed by atoms with van der Waals surface area (Å²) >= 11 is 0. The molecule has 1 fully saturated rings. The van der Waals surface area contributed by atoms with Crippen LogP contribution in [0, 0.1) is 10.1 Å². The molecule has 2 aromatic rings. The van der Waals surface area contributed by atoms with Gasteiger partial charge in [-0.25, -0.2) is 4.79 Å². The number of fused-ring (bicyclic) bond motifs is 1. The van der Waals surface area contributed by atoms with Crippen molar-refractivity contribution in [2.45, 2.75) is 6.54 Å². The Balaban J connectivity index is 1.55.